The molecule has 0 unspecified atom stereocenters. The van der Waals surface area contributed by atoms with Crippen LogP contribution in [0.15, 0.2) is 30.4 Å². The molecule has 1 aromatic carbocycles. The molecule has 2 atom stereocenters. The van der Waals surface area contributed by atoms with E-state index in [1.165, 1.54) is 0 Å². The molecule has 2 aliphatic rings. The second-order valence-electron chi connectivity index (χ2n) is 5.93. The van der Waals surface area contributed by atoms with Crippen LogP contribution in [0.5, 0.6) is 0 Å². The van der Waals surface area contributed by atoms with Gasteiger partial charge in [-0.2, -0.15) is 0 Å². The van der Waals surface area contributed by atoms with E-state index in [2.05, 4.69) is 5.32 Å². The van der Waals surface area contributed by atoms with Crippen LogP contribution in [0.3, 0.4) is 0 Å². The average molecular weight is 333 g/mol. The normalized spacial score (nSPS) is 23.1. The molecule has 1 aromatic rings. The van der Waals surface area contributed by atoms with Gasteiger partial charge >= 0.3 is 0 Å². The Morgan fingerprint density at radius 3 is 2.39 bits per heavy atom. The monoisotopic (exact) mass is 332 g/mol. The SMILES string of the molecule is Cc1ccc(NC(=O)CN2C(=O)[C@H]3CC=CC[C@H]3C2=O)cc1Cl. The van der Waals surface area contributed by atoms with Crippen molar-refractivity contribution in [1.29, 1.82) is 0 Å². The summed E-state index contributed by atoms with van der Waals surface area (Å²) in [5.41, 5.74) is 1.45. The molecule has 1 N–H and O–H groups in total. The summed E-state index contributed by atoms with van der Waals surface area (Å²) >= 11 is 6.02. The summed E-state index contributed by atoms with van der Waals surface area (Å²) < 4.78 is 0. The van der Waals surface area contributed by atoms with Crippen LogP contribution in [-0.2, 0) is 14.4 Å². The van der Waals surface area contributed by atoms with Crippen LogP contribution >= 0.6 is 11.6 Å². The zero-order chi connectivity index (χ0) is 16.6. The standard InChI is InChI=1S/C17H17ClN2O3/c1-10-6-7-11(8-14(10)18)19-15(21)9-20-16(22)12-4-2-3-5-13(12)17(20)23/h2-3,6-8,12-13H,4-5,9H2,1H3,(H,19,21)/t12-,13+. The van der Waals surface area contributed by atoms with Gasteiger partial charge in [-0.05, 0) is 37.5 Å². The second-order valence-corrected chi connectivity index (χ2v) is 6.34. The first-order chi connectivity index (χ1) is 11.0. The topological polar surface area (TPSA) is 66.5 Å². The van der Waals surface area contributed by atoms with Crippen molar-refractivity contribution in [2.75, 3.05) is 11.9 Å². The van der Waals surface area contributed by atoms with Crippen LogP contribution in [0.4, 0.5) is 5.69 Å². The number of halogens is 1. The van der Waals surface area contributed by atoms with E-state index in [-0.39, 0.29) is 30.2 Å². The molecular weight excluding hydrogens is 316 g/mol. The summed E-state index contributed by atoms with van der Waals surface area (Å²) in [5, 5.41) is 3.22. The molecule has 1 saturated heterocycles. The van der Waals surface area contributed by atoms with Gasteiger partial charge in [-0.3, -0.25) is 19.3 Å². The van der Waals surface area contributed by atoms with Gasteiger partial charge in [-0.15, -0.1) is 0 Å². The summed E-state index contributed by atoms with van der Waals surface area (Å²) in [4.78, 5) is 37.8. The first-order valence-corrected chi connectivity index (χ1v) is 7.91. The lowest BCUT2D eigenvalue weighted by Gasteiger charge is -2.14. The number of aryl methyl sites for hydroxylation is 1. The number of carbonyl (C=O) groups excluding carboxylic acids is 3. The zero-order valence-corrected chi connectivity index (χ0v) is 13.5. The Morgan fingerprint density at radius 2 is 1.83 bits per heavy atom. The van der Waals surface area contributed by atoms with Gasteiger partial charge < -0.3 is 5.32 Å². The number of rotatable bonds is 3. The lowest BCUT2D eigenvalue weighted by molar-refractivity contribution is -0.142. The van der Waals surface area contributed by atoms with Gasteiger partial charge in [0.1, 0.15) is 6.54 Å². The van der Waals surface area contributed by atoms with E-state index < -0.39 is 5.91 Å². The third kappa shape index (κ3) is 3.01. The maximum atomic E-state index is 12.3. The molecule has 0 radical (unpaired) electrons. The number of anilines is 1. The Kier molecular flexibility index (Phi) is 4.22. The zero-order valence-electron chi connectivity index (χ0n) is 12.7. The number of hydrogen-bond acceptors (Lipinski definition) is 3. The number of likely N-dealkylation sites (tertiary alicyclic amines) is 1. The maximum Gasteiger partial charge on any atom is 0.244 e. The Morgan fingerprint density at radius 1 is 1.22 bits per heavy atom. The number of imide groups is 1. The Balaban J connectivity index is 1.67. The fraction of sp³-hybridized carbons (Fsp3) is 0.353. The molecule has 5 nitrogen and oxygen atoms in total. The number of amides is 3. The minimum absolute atomic E-state index is 0.249. The highest BCUT2D eigenvalue weighted by Gasteiger charge is 2.47. The number of nitrogens with one attached hydrogen (secondary N) is 1. The maximum absolute atomic E-state index is 12.3. The molecule has 1 aliphatic heterocycles. The number of allylic oxidation sites excluding steroid dienone is 2. The van der Waals surface area contributed by atoms with Crippen LogP contribution in [0.1, 0.15) is 18.4 Å². The minimum Gasteiger partial charge on any atom is -0.324 e. The van der Waals surface area contributed by atoms with Crippen molar-refractivity contribution in [2.45, 2.75) is 19.8 Å². The summed E-state index contributed by atoms with van der Waals surface area (Å²) in [6.07, 6.45) is 4.98. The minimum atomic E-state index is -0.404. The molecule has 1 aliphatic carbocycles. The fourth-order valence-electron chi connectivity index (χ4n) is 3.04. The predicted molar refractivity (Wildman–Crippen MR) is 86.9 cm³/mol. The van der Waals surface area contributed by atoms with E-state index in [1.54, 1.807) is 18.2 Å². The van der Waals surface area contributed by atoms with Crippen molar-refractivity contribution in [3.05, 3.63) is 40.9 Å². The number of benzene rings is 1. The molecule has 0 bridgehead atoms. The first kappa shape index (κ1) is 15.7. The lowest BCUT2D eigenvalue weighted by Crippen LogP contribution is -2.38. The molecule has 0 saturated carbocycles. The summed E-state index contributed by atoms with van der Waals surface area (Å²) in [6.45, 7) is 1.61. The van der Waals surface area contributed by atoms with E-state index in [9.17, 15) is 14.4 Å². The Bertz CT molecular complexity index is 688. The van der Waals surface area contributed by atoms with Crippen LogP contribution in [-0.4, -0.2) is 29.2 Å². The van der Waals surface area contributed by atoms with E-state index in [0.29, 0.717) is 23.6 Å². The molecule has 1 fully saturated rings. The van der Waals surface area contributed by atoms with Crippen molar-refractivity contribution in [1.82, 2.24) is 4.90 Å². The molecule has 120 valence electrons. The fourth-order valence-corrected chi connectivity index (χ4v) is 3.22. The van der Waals surface area contributed by atoms with Gasteiger partial charge in [0.2, 0.25) is 17.7 Å². The van der Waals surface area contributed by atoms with E-state index in [0.717, 1.165) is 10.5 Å². The number of fused-ring (bicyclic) bond motifs is 1. The largest absolute Gasteiger partial charge is 0.324 e. The Hall–Kier alpha value is -2.14. The molecule has 6 heteroatoms. The van der Waals surface area contributed by atoms with Crippen LogP contribution < -0.4 is 5.32 Å². The Labute approximate surface area is 139 Å². The highest BCUT2D eigenvalue weighted by molar-refractivity contribution is 6.31. The van der Waals surface area contributed by atoms with Gasteiger partial charge in [-0.25, -0.2) is 0 Å². The van der Waals surface area contributed by atoms with Crippen molar-refractivity contribution in [3.63, 3.8) is 0 Å². The molecule has 3 rings (SSSR count). The first-order valence-electron chi connectivity index (χ1n) is 7.53. The number of carbonyl (C=O) groups is 3. The summed E-state index contributed by atoms with van der Waals surface area (Å²) in [7, 11) is 0. The molecule has 23 heavy (non-hydrogen) atoms. The molecular formula is C17H17ClN2O3. The highest BCUT2D eigenvalue weighted by Crippen LogP contribution is 2.34. The average Bonchev–Trinajstić information content (AvgIpc) is 2.76. The van der Waals surface area contributed by atoms with E-state index in [1.807, 2.05) is 19.1 Å². The van der Waals surface area contributed by atoms with Gasteiger partial charge in [-0.1, -0.05) is 29.8 Å². The molecule has 0 spiro atoms. The third-order valence-corrected chi connectivity index (χ3v) is 4.76. The second kappa shape index (κ2) is 6.16. The van der Waals surface area contributed by atoms with Crippen molar-refractivity contribution < 1.29 is 14.4 Å². The molecule has 0 aromatic heterocycles. The molecule has 3 amide bonds. The number of nitrogens with zero attached hydrogens (tertiary/aromatic N) is 1. The van der Waals surface area contributed by atoms with Crippen LogP contribution in [0, 0.1) is 18.8 Å². The number of hydrogen-bond donors (Lipinski definition) is 1. The third-order valence-electron chi connectivity index (χ3n) is 4.36. The van der Waals surface area contributed by atoms with E-state index in [4.69, 9.17) is 11.6 Å². The van der Waals surface area contributed by atoms with Crippen LogP contribution in [0.2, 0.25) is 5.02 Å². The summed E-state index contributed by atoms with van der Waals surface area (Å²) in [5.74, 6) is -1.52. The predicted octanol–water partition coefficient (Wildman–Crippen LogP) is 2.54. The van der Waals surface area contributed by atoms with Crippen LogP contribution in [0.25, 0.3) is 0 Å². The quantitative estimate of drug-likeness (QED) is 0.683. The van der Waals surface area contributed by atoms with E-state index >= 15 is 0 Å². The van der Waals surface area contributed by atoms with Gasteiger partial charge in [0.05, 0.1) is 11.8 Å². The van der Waals surface area contributed by atoms with Gasteiger partial charge in [0.25, 0.3) is 0 Å². The van der Waals surface area contributed by atoms with Gasteiger partial charge in [0.15, 0.2) is 0 Å². The summed E-state index contributed by atoms with van der Waals surface area (Å²) in [6, 6.07) is 5.17. The van der Waals surface area contributed by atoms with Crippen molar-refractivity contribution in [2.24, 2.45) is 11.8 Å². The van der Waals surface area contributed by atoms with Crippen molar-refractivity contribution in [3.8, 4) is 0 Å². The smallest absolute Gasteiger partial charge is 0.244 e. The van der Waals surface area contributed by atoms with Gasteiger partial charge in [0, 0.05) is 10.7 Å². The lowest BCUT2D eigenvalue weighted by atomic mass is 9.85. The van der Waals surface area contributed by atoms with Crippen molar-refractivity contribution >= 4 is 35.0 Å². The highest BCUT2D eigenvalue weighted by atomic mass is 35.5. The molecule has 1 heterocycles.